The van der Waals surface area contributed by atoms with Crippen molar-refractivity contribution < 1.29 is 27.4 Å². The van der Waals surface area contributed by atoms with E-state index < -0.39 is 23.9 Å². The van der Waals surface area contributed by atoms with Crippen molar-refractivity contribution in [1.82, 2.24) is 0 Å². The lowest BCUT2D eigenvalue weighted by Gasteiger charge is -2.19. The number of carbonyl (C=O) groups excluding carboxylic acids is 1. The van der Waals surface area contributed by atoms with Crippen LogP contribution in [-0.2, 0) is 15.7 Å². The van der Waals surface area contributed by atoms with Gasteiger partial charge in [0.25, 0.3) is 0 Å². The molecule has 0 aliphatic heterocycles. The fourth-order valence-corrected chi connectivity index (χ4v) is 1.52. The molecular formula is C11H12F3NO3. The second kappa shape index (κ2) is 5.36. The number of alkyl halides is 3. The molecule has 1 aromatic rings. The molecule has 4 nitrogen and oxygen atoms in total. The van der Waals surface area contributed by atoms with E-state index >= 15 is 0 Å². The monoisotopic (exact) mass is 263 g/mol. The summed E-state index contributed by atoms with van der Waals surface area (Å²) >= 11 is 0. The van der Waals surface area contributed by atoms with Crippen LogP contribution in [0.15, 0.2) is 18.2 Å². The zero-order valence-corrected chi connectivity index (χ0v) is 9.75. The molecule has 0 unspecified atom stereocenters. The highest BCUT2D eigenvalue weighted by molar-refractivity contribution is 5.93. The van der Waals surface area contributed by atoms with E-state index in [1.54, 1.807) is 0 Å². The molecular weight excluding hydrogens is 251 g/mol. The lowest BCUT2D eigenvalue weighted by molar-refractivity contribution is -0.147. The predicted octanol–water partition coefficient (Wildman–Crippen LogP) is 2.10. The maximum atomic E-state index is 12.8. The Bertz CT molecular complexity index is 442. The van der Waals surface area contributed by atoms with Crippen LogP contribution in [0.2, 0.25) is 0 Å². The maximum absolute atomic E-state index is 12.8. The second-order valence-electron chi connectivity index (χ2n) is 3.47. The van der Waals surface area contributed by atoms with Crippen molar-refractivity contribution in [2.45, 2.75) is 12.5 Å². The van der Waals surface area contributed by atoms with E-state index in [9.17, 15) is 18.0 Å². The molecule has 18 heavy (non-hydrogen) atoms. The first-order chi connectivity index (χ1) is 8.31. The summed E-state index contributed by atoms with van der Waals surface area (Å²) < 4.78 is 47.9. The van der Waals surface area contributed by atoms with Gasteiger partial charge in [-0.2, -0.15) is 13.2 Å². The number of amides is 1. The smallest absolute Gasteiger partial charge is 0.366 e. The van der Waals surface area contributed by atoms with Crippen LogP contribution in [0.25, 0.3) is 0 Å². The van der Waals surface area contributed by atoms with E-state index in [0.717, 1.165) is 18.2 Å². The van der Waals surface area contributed by atoms with Crippen molar-refractivity contribution in [3.8, 4) is 0 Å². The van der Waals surface area contributed by atoms with E-state index in [4.69, 9.17) is 15.2 Å². The van der Waals surface area contributed by atoms with Gasteiger partial charge in [0, 0.05) is 25.3 Å². The summed E-state index contributed by atoms with van der Waals surface area (Å²) in [6.07, 6.45) is -5.79. The van der Waals surface area contributed by atoms with E-state index in [0.29, 0.717) is 0 Å². The highest BCUT2D eigenvalue weighted by Gasteiger charge is 2.35. The fourth-order valence-electron chi connectivity index (χ4n) is 1.52. The lowest BCUT2D eigenvalue weighted by Crippen LogP contribution is -2.17. The Kier molecular flexibility index (Phi) is 4.31. The number of primary amides is 1. The number of halogens is 3. The molecule has 0 aliphatic carbocycles. The van der Waals surface area contributed by atoms with Gasteiger partial charge in [-0.05, 0) is 18.2 Å². The molecule has 100 valence electrons. The number of methoxy groups -OCH3 is 2. The van der Waals surface area contributed by atoms with E-state index in [1.165, 1.54) is 14.2 Å². The van der Waals surface area contributed by atoms with Crippen molar-refractivity contribution >= 4 is 5.91 Å². The lowest BCUT2D eigenvalue weighted by atomic mass is 10.0. The third-order valence-corrected chi connectivity index (χ3v) is 2.32. The van der Waals surface area contributed by atoms with Gasteiger partial charge in [-0.3, -0.25) is 4.79 Å². The topological polar surface area (TPSA) is 61.6 Å². The van der Waals surface area contributed by atoms with Crippen LogP contribution in [0, 0.1) is 0 Å². The summed E-state index contributed by atoms with van der Waals surface area (Å²) in [5, 5.41) is 0. The molecule has 0 saturated carbocycles. The van der Waals surface area contributed by atoms with Crippen molar-refractivity contribution in [2.24, 2.45) is 5.73 Å². The van der Waals surface area contributed by atoms with Crippen LogP contribution in [0.3, 0.4) is 0 Å². The molecule has 0 fully saturated rings. The van der Waals surface area contributed by atoms with Gasteiger partial charge >= 0.3 is 6.18 Å². The Morgan fingerprint density at radius 3 is 2.22 bits per heavy atom. The number of carbonyl (C=O) groups is 1. The van der Waals surface area contributed by atoms with E-state index in [1.807, 2.05) is 0 Å². The number of rotatable bonds is 4. The third-order valence-electron chi connectivity index (χ3n) is 2.32. The molecule has 7 heteroatoms. The van der Waals surface area contributed by atoms with Crippen LogP contribution < -0.4 is 5.73 Å². The summed E-state index contributed by atoms with van der Waals surface area (Å²) in [5.74, 6) is -0.823. The summed E-state index contributed by atoms with van der Waals surface area (Å²) in [5.41, 5.74) is 3.76. The Morgan fingerprint density at radius 1 is 1.28 bits per heavy atom. The summed E-state index contributed by atoms with van der Waals surface area (Å²) in [6, 6.07) is 2.81. The molecule has 0 heterocycles. The molecule has 2 N–H and O–H groups in total. The van der Waals surface area contributed by atoms with E-state index in [2.05, 4.69) is 0 Å². The normalized spacial score (nSPS) is 11.9. The van der Waals surface area contributed by atoms with Crippen molar-refractivity contribution in [3.63, 3.8) is 0 Å². The van der Waals surface area contributed by atoms with Crippen LogP contribution >= 0.6 is 0 Å². The summed E-state index contributed by atoms with van der Waals surface area (Å²) in [7, 11) is 2.40. The first kappa shape index (κ1) is 14.5. The zero-order chi connectivity index (χ0) is 13.9. The number of nitrogens with two attached hydrogens (primary N) is 1. The fraction of sp³-hybridized carbons (Fsp3) is 0.364. The largest absolute Gasteiger partial charge is 0.416 e. The summed E-state index contributed by atoms with van der Waals surface area (Å²) in [4.78, 5) is 11.0. The minimum Gasteiger partial charge on any atom is -0.366 e. The molecule has 1 rings (SSSR count). The van der Waals surface area contributed by atoms with Gasteiger partial charge in [-0.25, -0.2) is 0 Å². The summed E-state index contributed by atoms with van der Waals surface area (Å²) in [6.45, 7) is 0. The Labute approximate surface area is 101 Å². The average Bonchev–Trinajstić information content (AvgIpc) is 2.29. The molecule has 0 bridgehead atoms. The van der Waals surface area contributed by atoms with Gasteiger partial charge in [0.05, 0.1) is 5.56 Å². The molecule has 0 aromatic heterocycles. The minimum absolute atomic E-state index is 0.0444. The molecule has 0 spiro atoms. The van der Waals surface area contributed by atoms with Crippen molar-refractivity contribution in [2.75, 3.05) is 14.2 Å². The Morgan fingerprint density at radius 2 is 1.83 bits per heavy atom. The number of hydrogen-bond donors (Lipinski definition) is 1. The maximum Gasteiger partial charge on any atom is 0.416 e. The highest BCUT2D eigenvalue weighted by Crippen LogP contribution is 2.36. The number of hydrogen-bond acceptors (Lipinski definition) is 3. The predicted molar refractivity (Wildman–Crippen MR) is 56.7 cm³/mol. The van der Waals surface area contributed by atoms with Gasteiger partial charge in [0.2, 0.25) is 5.91 Å². The highest BCUT2D eigenvalue weighted by atomic mass is 19.4. The first-order valence-corrected chi connectivity index (χ1v) is 4.87. The van der Waals surface area contributed by atoms with Gasteiger partial charge < -0.3 is 15.2 Å². The van der Waals surface area contributed by atoms with Gasteiger partial charge in [0.15, 0.2) is 6.29 Å². The van der Waals surface area contributed by atoms with Crippen LogP contribution in [0.4, 0.5) is 13.2 Å². The standard InChI is InChI=1S/C11H12F3NO3/c1-17-10(18-2)7-5-6(9(15)16)3-4-8(7)11(12,13)14/h3-5,10H,1-2H3,(H2,15,16). The second-order valence-corrected chi connectivity index (χ2v) is 3.47. The van der Waals surface area contributed by atoms with E-state index in [-0.39, 0.29) is 11.1 Å². The first-order valence-electron chi connectivity index (χ1n) is 4.87. The van der Waals surface area contributed by atoms with Crippen molar-refractivity contribution in [3.05, 3.63) is 34.9 Å². The average molecular weight is 263 g/mol. The zero-order valence-electron chi connectivity index (χ0n) is 9.75. The van der Waals surface area contributed by atoms with Crippen molar-refractivity contribution in [1.29, 1.82) is 0 Å². The Balaban J connectivity index is 3.39. The Hall–Kier alpha value is -1.60. The minimum atomic E-state index is -4.57. The van der Waals surface area contributed by atoms with Gasteiger partial charge in [-0.1, -0.05) is 0 Å². The number of ether oxygens (including phenoxy) is 2. The molecule has 0 atom stereocenters. The SMILES string of the molecule is COC(OC)c1cc(C(N)=O)ccc1C(F)(F)F. The van der Waals surface area contributed by atoms with Crippen LogP contribution in [-0.4, -0.2) is 20.1 Å². The van der Waals surface area contributed by atoms with Crippen LogP contribution in [0.1, 0.15) is 27.8 Å². The van der Waals surface area contributed by atoms with Gasteiger partial charge in [0.1, 0.15) is 0 Å². The molecule has 1 amide bonds. The molecule has 0 saturated heterocycles. The number of benzene rings is 1. The molecule has 0 aliphatic rings. The quantitative estimate of drug-likeness (QED) is 0.846. The molecule has 1 aromatic carbocycles. The van der Waals surface area contributed by atoms with Gasteiger partial charge in [-0.15, -0.1) is 0 Å². The third kappa shape index (κ3) is 2.99. The van der Waals surface area contributed by atoms with Crippen LogP contribution in [0.5, 0.6) is 0 Å². The molecule has 0 radical (unpaired) electrons.